The van der Waals surface area contributed by atoms with Crippen molar-refractivity contribution in [3.8, 4) is 0 Å². The molecule has 2 aliphatic heterocycles. The predicted octanol–water partition coefficient (Wildman–Crippen LogP) is 5.15. The molecule has 18 heteroatoms. The molecule has 4 rings (SSSR count). The zero-order chi connectivity index (χ0) is 36.9. The molecule has 2 saturated heterocycles. The molecule has 0 aromatic heterocycles. The fourth-order valence-corrected chi connectivity index (χ4v) is 4.92. The second-order valence-electron chi connectivity index (χ2n) is 12.1. The quantitative estimate of drug-likeness (QED) is 0.168. The van der Waals surface area contributed by atoms with Gasteiger partial charge < -0.3 is 30.1 Å². The number of halogens is 3. The molecule has 272 valence electrons. The Morgan fingerprint density at radius 1 is 0.837 bits per heavy atom. The molecule has 0 bridgehead atoms. The number of ether oxygens (including phenoxy) is 1. The summed E-state index contributed by atoms with van der Waals surface area (Å²) >= 11 is 0. The molecule has 0 unspecified atom stereocenters. The average Bonchev–Trinajstić information content (AvgIpc) is 3.04. The highest BCUT2D eigenvalue weighted by Gasteiger charge is 2.25. The van der Waals surface area contributed by atoms with E-state index in [9.17, 15) is 38.2 Å². The normalized spacial score (nSPS) is 15.6. The smallest absolute Gasteiger partial charge is 0.444 e. The van der Waals surface area contributed by atoms with E-state index >= 15 is 0 Å². The number of carbonyl (C=O) groups is 2. The first-order chi connectivity index (χ1) is 22.9. The summed E-state index contributed by atoms with van der Waals surface area (Å²) in [6.45, 7) is 18.8. The molecular formula is C31H45F3N8O7. The molecular weight excluding hydrogens is 653 g/mol. The molecule has 2 aliphatic rings. The summed E-state index contributed by atoms with van der Waals surface area (Å²) in [4.78, 5) is 50.9. The Morgan fingerprint density at radius 2 is 1.24 bits per heavy atom. The van der Waals surface area contributed by atoms with Gasteiger partial charge in [0.2, 0.25) is 6.29 Å². The van der Waals surface area contributed by atoms with E-state index in [0.29, 0.717) is 0 Å². The van der Waals surface area contributed by atoms with Crippen LogP contribution in [0, 0.1) is 20.2 Å². The number of hydrogen-bond donors (Lipinski definition) is 2. The van der Waals surface area contributed by atoms with E-state index in [1.807, 2.05) is 6.07 Å². The van der Waals surface area contributed by atoms with E-state index in [2.05, 4.69) is 38.8 Å². The van der Waals surface area contributed by atoms with Crippen LogP contribution in [0.3, 0.4) is 0 Å². The lowest BCUT2D eigenvalue weighted by Gasteiger charge is -2.35. The standard InChI is InChI=1S/C17H26N4O4.C12H18N4O2.C2HF3O/c1-5-19-8-10-20(11-9-19)13-6-7-14(15(12-13)21(23)24)18-16(22)25-17(2,3)4;1-2-14-5-7-15(8-6-14)10-3-4-11(13)12(9-10)16(17)18;3-2(4,5)1-6/h6-7,12H,5,8-11H2,1-4H3,(H,18,22);3-4,9H,2,5-8,13H2,1H3;1H. The van der Waals surface area contributed by atoms with Crippen LogP contribution in [0.5, 0.6) is 0 Å². The first-order valence-corrected chi connectivity index (χ1v) is 15.7. The number of nitrogens with one attached hydrogen (secondary N) is 1. The van der Waals surface area contributed by atoms with Crippen LogP contribution in [-0.4, -0.2) is 109 Å². The summed E-state index contributed by atoms with van der Waals surface area (Å²) in [7, 11) is 0. The summed E-state index contributed by atoms with van der Waals surface area (Å²) in [6.07, 6.45) is -6.41. The third kappa shape index (κ3) is 13.7. The van der Waals surface area contributed by atoms with Gasteiger partial charge in [-0.15, -0.1) is 0 Å². The van der Waals surface area contributed by atoms with E-state index < -0.39 is 34.0 Å². The summed E-state index contributed by atoms with van der Waals surface area (Å²) in [5.74, 6) is 0. The number of rotatable bonds is 7. The van der Waals surface area contributed by atoms with E-state index in [0.717, 1.165) is 76.8 Å². The number of alkyl halides is 3. The van der Waals surface area contributed by atoms with Crippen LogP contribution in [0.1, 0.15) is 34.6 Å². The van der Waals surface area contributed by atoms with Crippen molar-refractivity contribution in [2.24, 2.45) is 0 Å². The van der Waals surface area contributed by atoms with Crippen LogP contribution in [0.2, 0.25) is 0 Å². The Balaban J connectivity index is 0.000000302. The van der Waals surface area contributed by atoms with Gasteiger partial charge in [0.25, 0.3) is 11.4 Å². The topological polar surface area (TPSA) is 181 Å². The lowest BCUT2D eigenvalue weighted by Crippen LogP contribution is -2.46. The third-order valence-electron chi connectivity index (χ3n) is 7.53. The number of aldehydes is 1. The molecule has 0 atom stereocenters. The first kappa shape index (κ1) is 40.5. The first-order valence-electron chi connectivity index (χ1n) is 15.7. The number of carbonyl (C=O) groups excluding carboxylic acids is 2. The van der Waals surface area contributed by atoms with Crippen molar-refractivity contribution < 1.29 is 37.3 Å². The molecule has 1 amide bonds. The van der Waals surface area contributed by atoms with Crippen LogP contribution < -0.4 is 20.9 Å². The zero-order valence-corrected chi connectivity index (χ0v) is 28.4. The Kier molecular flexibility index (Phi) is 15.0. The molecule has 0 aliphatic carbocycles. The molecule has 15 nitrogen and oxygen atoms in total. The molecule has 2 fully saturated rings. The zero-order valence-electron chi connectivity index (χ0n) is 28.4. The van der Waals surface area contributed by atoms with Gasteiger partial charge in [-0.05, 0) is 58.1 Å². The number of nitrogens with two attached hydrogens (primary N) is 1. The van der Waals surface area contributed by atoms with Crippen LogP contribution in [-0.2, 0) is 9.53 Å². The van der Waals surface area contributed by atoms with Gasteiger partial charge in [-0.25, -0.2) is 4.79 Å². The number of hydrogen-bond acceptors (Lipinski definition) is 12. The second kappa shape index (κ2) is 18.2. The fraction of sp³-hybridized carbons (Fsp3) is 0.548. The third-order valence-corrected chi connectivity index (χ3v) is 7.53. The van der Waals surface area contributed by atoms with Crippen molar-refractivity contribution in [2.75, 3.05) is 86.3 Å². The number of nitro benzene ring substituents is 2. The highest BCUT2D eigenvalue weighted by molar-refractivity contribution is 5.89. The van der Waals surface area contributed by atoms with Crippen molar-refractivity contribution in [3.63, 3.8) is 0 Å². The van der Waals surface area contributed by atoms with Gasteiger partial charge in [0.1, 0.15) is 17.0 Å². The lowest BCUT2D eigenvalue weighted by atomic mass is 10.2. The number of anilines is 4. The number of nitrogens with zero attached hydrogens (tertiary/aromatic N) is 6. The minimum Gasteiger partial charge on any atom is -0.444 e. The number of benzene rings is 2. The van der Waals surface area contributed by atoms with Gasteiger partial charge >= 0.3 is 12.3 Å². The molecule has 0 spiro atoms. The molecule has 2 heterocycles. The highest BCUT2D eigenvalue weighted by Crippen LogP contribution is 2.31. The van der Waals surface area contributed by atoms with Gasteiger partial charge in [-0.3, -0.25) is 30.3 Å². The lowest BCUT2D eigenvalue weighted by molar-refractivity contribution is -0.384. The second-order valence-corrected chi connectivity index (χ2v) is 12.1. The summed E-state index contributed by atoms with van der Waals surface area (Å²) in [6, 6.07) is 9.89. The van der Waals surface area contributed by atoms with Gasteiger partial charge in [0, 0.05) is 75.9 Å². The number of nitro groups is 2. The molecule has 3 N–H and O–H groups in total. The predicted molar refractivity (Wildman–Crippen MR) is 181 cm³/mol. The van der Waals surface area contributed by atoms with Gasteiger partial charge in [0.15, 0.2) is 0 Å². The minimum atomic E-state index is -4.64. The average molecular weight is 699 g/mol. The molecule has 0 saturated carbocycles. The van der Waals surface area contributed by atoms with E-state index in [-0.39, 0.29) is 22.7 Å². The Labute approximate surface area is 283 Å². The number of likely N-dealkylation sites (N-methyl/N-ethyl adjacent to an activating group) is 2. The van der Waals surface area contributed by atoms with Crippen molar-refractivity contribution in [3.05, 3.63) is 56.6 Å². The highest BCUT2D eigenvalue weighted by atomic mass is 19.4. The summed E-state index contributed by atoms with van der Waals surface area (Å²) in [5.41, 5.74) is 6.80. The van der Waals surface area contributed by atoms with Crippen molar-refractivity contribution in [1.29, 1.82) is 0 Å². The van der Waals surface area contributed by atoms with E-state index in [1.165, 1.54) is 6.07 Å². The van der Waals surface area contributed by atoms with Gasteiger partial charge in [-0.1, -0.05) is 13.8 Å². The van der Waals surface area contributed by atoms with Gasteiger partial charge in [0.05, 0.1) is 9.85 Å². The maximum Gasteiger partial charge on any atom is 0.446 e. The fourth-order valence-electron chi connectivity index (χ4n) is 4.92. The maximum absolute atomic E-state index is 11.9. The van der Waals surface area contributed by atoms with Crippen molar-refractivity contribution in [1.82, 2.24) is 9.80 Å². The Bertz CT molecular complexity index is 1420. The molecule has 2 aromatic carbocycles. The van der Waals surface area contributed by atoms with Crippen LogP contribution in [0.25, 0.3) is 0 Å². The van der Waals surface area contributed by atoms with Gasteiger partial charge in [-0.2, -0.15) is 13.2 Å². The molecule has 0 radical (unpaired) electrons. The van der Waals surface area contributed by atoms with Crippen molar-refractivity contribution in [2.45, 2.75) is 46.4 Å². The van der Waals surface area contributed by atoms with E-state index in [4.69, 9.17) is 15.3 Å². The largest absolute Gasteiger partial charge is 0.446 e. The number of nitrogen functional groups attached to an aromatic ring is 1. The number of piperazine rings is 2. The SMILES string of the molecule is CCN1CCN(c2ccc(N)c([N+](=O)[O-])c2)CC1.CCN1CCN(c2ccc(NC(=O)OC(C)(C)C)c([N+](=O)[O-])c2)CC1.O=CC(F)(F)F. The summed E-state index contributed by atoms with van der Waals surface area (Å²) in [5, 5.41) is 24.7. The summed E-state index contributed by atoms with van der Waals surface area (Å²) < 4.78 is 36.4. The van der Waals surface area contributed by atoms with Crippen LogP contribution in [0.4, 0.5) is 52.1 Å². The maximum atomic E-state index is 11.9. The number of amides is 1. The Morgan fingerprint density at radius 3 is 1.61 bits per heavy atom. The monoisotopic (exact) mass is 698 g/mol. The minimum absolute atomic E-state index is 0.00887. The Hall–Kier alpha value is -4.71. The van der Waals surface area contributed by atoms with Crippen molar-refractivity contribution >= 4 is 46.5 Å². The van der Waals surface area contributed by atoms with E-state index in [1.54, 1.807) is 45.0 Å². The molecule has 2 aromatic rings. The van der Waals surface area contributed by atoms with Crippen LogP contribution >= 0.6 is 0 Å². The molecule has 49 heavy (non-hydrogen) atoms. The van der Waals surface area contributed by atoms with Crippen LogP contribution in [0.15, 0.2) is 36.4 Å².